The zero-order valence-electron chi connectivity index (χ0n) is 18.1. The van der Waals surface area contributed by atoms with E-state index in [1.54, 1.807) is 50.2 Å². The van der Waals surface area contributed by atoms with Crippen LogP contribution in [0.15, 0.2) is 53.4 Å². The minimum Gasteiger partial charge on any atom is -0.480 e. The van der Waals surface area contributed by atoms with Crippen molar-refractivity contribution >= 4 is 39.3 Å². The van der Waals surface area contributed by atoms with E-state index in [9.17, 15) is 23.1 Å². The summed E-state index contributed by atoms with van der Waals surface area (Å²) in [6, 6.07) is 10.8. The second-order valence-corrected chi connectivity index (χ2v) is 11.8. The van der Waals surface area contributed by atoms with Gasteiger partial charge in [-0.3, -0.25) is 4.79 Å². The number of benzene rings is 2. The van der Waals surface area contributed by atoms with Crippen LogP contribution in [0.3, 0.4) is 0 Å². The van der Waals surface area contributed by atoms with Crippen LogP contribution in [0.1, 0.15) is 25.0 Å². The zero-order valence-corrected chi connectivity index (χ0v) is 19.7. The van der Waals surface area contributed by atoms with Crippen LogP contribution in [-0.2, 0) is 26.0 Å². The molecule has 0 aliphatic carbocycles. The Morgan fingerprint density at radius 3 is 2.34 bits per heavy atom. The molecule has 0 radical (unpaired) electrons. The second kappa shape index (κ2) is 9.13. The number of aryl methyl sites for hydroxylation is 1. The van der Waals surface area contributed by atoms with Crippen molar-refractivity contribution in [2.24, 2.45) is 0 Å². The average Bonchev–Trinajstić information content (AvgIpc) is 3.05. The van der Waals surface area contributed by atoms with Crippen LogP contribution in [0, 0.1) is 6.92 Å². The molecular weight excluding hydrogens is 450 g/mol. The Morgan fingerprint density at radius 1 is 1.19 bits per heavy atom. The van der Waals surface area contributed by atoms with Crippen LogP contribution in [-0.4, -0.2) is 52.4 Å². The van der Waals surface area contributed by atoms with Crippen LogP contribution < -0.4 is 11.1 Å². The van der Waals surface area contributed by atoms with Gasteiger partial charge in [-0.05, 0) is 50.6 Å². The van der Waals surface area contributed by atoms with Crippen molar-refractivity contribution in [3.8, 4) is 0 Å². The van der Waals surface area contributed by atoms with Crippen LogP contribution in [0.5, 0.6) is 0 Å². The number of hydrogen-bond donors (Lipinski definition) is 3. The van der Waals surface area contributed by atoms with Crippen molar-refractivity contribution < 1.29 is 23.1 Å². The van der Waals surface area contributed by atoms with Gasteiger partial charge < -0.3 is 16.2 Å². The number of nitrogens with zero attached hydrogens (tertiary/aromatic N) is 1. The first-order valence-corrected chi connectivity index (χ1v) is 12.4. The predicted octanol–water partition coefficient (Wildman–Crippen LogP) is 2.23. The molecule has 2 atom stereocenters. The van der Waals surface area contributed by atoms with E-state index in [0.29, 0.717) is 11.3 Å². The summed E-state index contributed by atoms with van der Waals surface area (Å²) in [7, 11) is -3.95. The minimum absolute atomic E-state index is 0.0480. The number of carbonyl (C=O) groups is 2. The van der Waals surface area contributed by atoms with Crippen molar-refractivity contribution in [1.29, 1.82) is 0 Å². The summed E-state index contributed by atoms with van der Waals surface area (Å²) in [5.41, 5.74) is 7.83. The molecule has 10 heteroatoms. The fraction of sp³-hybridized carbons (Fsp3) is 0.364. The molecule has 2 aromatic rings. The summed E-state index contributed by atoms with van der Waals surface area (Å²) in [6.45, 7) is 5.42. The molecule has 1 aliphatic heterocycles. The van der Waals surface area contributed by atoms with Crippen molar-refractivity contribution in [3.05, 3.63) is 59.7 Å². The molecular formula is C22H27N3O5S2. The Kier molecular flexibility index (Phi) is 6.87. The van der Waals surface area contributed by atoms with Gasteiger partial charge in [-0.1, -0.05) is 29.8 Å². The molecule has 2 aromatic carbocycles. The number of hydrogen-bond acceptors (Lipinski definition) is 6. The van der Waals surface area contributed by atoms with Gasteiger partial charge in [0.1, 0.15) is 12.1 Å². The molecule has 8 nitrogen and oxygen atoms in total. The fourth-order valence-corrected chi connectivity index (χ4v) is 6.74. The fourth-order valence-electron chi connectivity index (χ4n) is 3.57. The zero-order chi connectivity index (χ0) is 23.7. The number of carbonyl (C=O) groups excluding carboxylic acids is 1. The number of anilines is 1. The van der Waals surface area contributed by atoms with Gasteiger partial charge >= 0.3 is 5.97 Å². The van der Waals surface area contributed by atoms with Gasteiger partial charge in [-0.2, -0.15) is 4.31 Å². The first-order valence-electron chi connectivity index (χ1n) is 10.0. The summed E-state index contributed by atoms with van der Waals surface area (Å²) in [4.78, 5) is 25.2. The van der Waals surface area contributed by atoms with Crippen LogP contribution in [0.25, 0.3) is 0 Å². The number of carboxylic acid groups (broad SMARTS) is 1. The molecule has 0 unspecified atom stereocenters. The Morgan fingerprint density at radius 2 is 1.78 bits per heavy atom. The third kappa shape index (κ3) is 5.08. The van der Waals surface area contributed by atoms with E-state index in [4.69, 9.17) is 5.73 Å². The van der Waals surface area contributed by atoms with E-state index in [2.05, 4.69) is 5.32 Å². The maximum atomic E-state index is 13.3. The van der Waals surface area contributed by atoms with Gasteiger partial charge in [-0.25, -0.2) is 13.2 Å². The van der Waals surface area contributed by atoms with E-state index in [1.807, 2.05) is 6.92 Å². The molecule has 1 aliphatic rings. The van der Waals surface area contributed by atoms with Gasteiger partial charge in [0.2, 0.25) is 15.9 Å². The lowest BCUT2D eigenvalue weighted by molar-refractivity contribution is -0.142. The van der Waals surface area contributed by atoms with Gasteiger partial charge in [0.25, 0.3) is 0 Å². The highest BCUT2D eigenvalue weighted by atomic mass is 32.2. The predicted molar refractivity (Wildman–Crippen MR) is 125 cm³/mol. The Labute approximate surface area is 192 Å². The van der Waals surface area contributed by atoms with E-state index in [-0.39, 0.29) is 17.2 Å². The highest BCUT2D eigenvalue weighted by Crippen LogP contribution is 2.42. The molecule has 0 bridgehead atoms. The Hall–Kier alpha value is -2.56. The van der Waals surface area contributed by atoms with Crippen molar-refractivity contribution in [2.45, 2.75) is 48.9 Å². The smallest absolute Gasteiger partial charge is 0.326 e. The molecule has 1 fully saturated rings. The second-order valence-electron chi connectivity index (χ2n) is 8.33. The summed E-state index contributed by atoms with van der Waals surface area (Å²) in [5.74, 6) is -1.75. The maximum Gasteiger partial charge on any atom is 0.326 e. The molecule has 0 saturated carbocycles. The molecule has 172 valence electrons. The van der Waals surface area contributed by atoms with Crippen molar-refractivity contribution in [1.82, 2.24) is 9.62 Å². The number of rotatable bonds is 7. The summed E-state index contributed by atoms with van der Waals surface area (Å²) >= 11 is 1.33. The van der Waals surface area contributed by atoms with Crippen molar-refractivity contribution in [2.75, 3.05) is 11.6 Å². The molecule has 32 heavy (non-hydrogen) atoms. The molecule has 1 heterocycles. The molecule has 3 rings (SSSR count). The lowest BCUT2D eigenvalue weighted by Gasteiger charge is -2.31. The van der Waals surface area contributed by atoms with Gasteiger partial charge in [0.15, 0.2) is 0 Å². The Bertz CT molecular complexity index is 1100. The minimum atomic E-state index is -3.95. The molecule has 0 spiro atoms. The maximum absolute atomic E-state index is 13.3. The van der Waals surface area contributed by atoms with E-state index < -0.39 is 38.7 Å². The monoisotopic (exact) mass is 477 g/mol. The SMILES string of the molecule is Cc1ccc(S(=O)(=O)N2CSC(C)(C)[C@H]2C(=O)N[C@H](Cc2ccc(N)cc2)C(=O)O)cc1. The van der Waals surface area contributed by atoms with Crippen LogP contribution in [0.2, 0.25) is 0 Å². The number of nitrogens with one attached hydrogen (secondary N) is 1. The number of carboxylic acids is 1. The van der Waals surface area contributed by atoms with Crippen LogP contribution >= 0.6 is 11.8 Å². The number of sulfonamides is 1. The van der Waals surface area contributed by atoms with E-state index >= 15 is 0 Å². The van der Waals surface area contributed by atoms with E-state index in [0.717, 1.165) is 9.87 Å². The summed E-state index contributed by atoms with van der Waals surface area (Å²) in [5, 5.41) is 12.2. The quantitative estimate of drug-likeness (QED) is 0.521. The average molecular weight is 478 g/mol. The molecule has 4 N–H and O–H groups in total. The summed E-state index contributed by atoms with van der Waals surface area (Å²) < 4.78 is 27.0. The topological polar surface area (TPSA) is 130 Å². The molecule has 1 amide bonds. The van der Waals surface area contributed by atoms with Gasteiger partial charge in [0, 0.05) is 16.9 Å². The van der Waals surface area contributed by atoms with Gasteiger partial charge in [0.05, 0.1) is 10.8 Å². The summed E-state index contributed by atoms with van der Waals surface area (Å²) in [6.07, 6.45) is 0.0480. The van der Waals surface area contributed by atoms with E-state index in [1.165, 1.54) is 23.9 Å². The third-order valence-corrected chi connectivity index (χ3v) is 8.78. The lowest BCUT2D eigenvalue weighted by atomic mass is 10.0. The van der Waals surface area contributed by atoms with Crippen LogP contribution in [0.4, 0.5) is 5.69 Å². The first kappa shape index (κ1) is 24.1. The number of amides is 1. The molecule has 1 saturated heterocycles. The Balaban J connectivity index is 1.86. The first-order chi connectivity index (χ1) is 14.9. The largest absolute Gasteiger partial charge is 0.480 e. The highest BCUT2D eigenvalue weighted by molar-refractivity contribution is 8.02. The number of aliphatic carboxylic acids is 1. The third-order valence-electron chi connectivity index (χ3n) is 5.42. The highest BCUT2D eigenvalue weighted by Gasteiger charge is 2.51. The number of nitrogen functional groups attached to an aromatic ring is 1. The van der Waals surface area contributed by atoms with Crippen molar-refractivity contribution in [3.63, 3.8) is 0 Å². The normalized spacial score (nSPS) is 19.4. The number of nitrogens with two attached hydrogens (primary N) is 1. The van der Waals surface area contributed by atoms with Gasteiger partial charge in [-0.15, -0.1) is 11.8 Å². The standard InChI is InChI=1S/C22H27N3O5S2/c1-14-4-10-17(11-5-14)32(29,30)25-13-31-22(2,3)19(25)20(26)24-18(21(27)28)12-15-6-8-16(23)9-7-15/h4-11,18-19H,12-13,23H2,1-3H3,(H,24,26)(H,27,28)/t18-,19-/m1/s1. The molecule has 0 aromatic heterocycles. The number of thioether (sulfide) groups is 1. The lowest BCUT2D eigenvalue weighted by Crippen LogP contribution is -2.56.